The van der Waals surface area contributed by atoms with E-state index >= 15 is 0 Å². The topological polar surface area (TPSA) is 93.5 Å². The Kier molecular flexibility index (Phi) is 5.23. The highest BCUT2D eigenvalue weighted by Crippen LogP contribution is 2.39. The van der Waals surface area contributed by atoms with Gasteiger partial charge in [0, 0.05) is 12.2 Å². The van der Waals surface area contributed by atoms with Gasteiger partial charge in [0.2, 0.25) is 5.91 Å². The molecule has 1 aliphatic carbocycles. The number of urea groups is 1. The van der Waals surface area contributed by atoms with Crippen molar-refractivity contribution in [3.8, 4) is 6.07 Å². The minimum absolute atomic E-state index is 0.151. The summed E-state index contributed by atoms with van der Waals surface area (Å²) in [5.41, 5.74) is 1.39. The molecule has 1 atom stereocenters. The van der Waals surface area contributed by atoms with E-state index in [2.05, 4.69) is 5.32 Å². The molecule has 30 heavy (non-hydrogen) atoms. The summed E-state index contributed by atoms with van der Waals surface area (Å²) in [6, 6.07) is 18.1. The van der Waals surface area contributed by atoms with Gasteiger partial charge in [-0.25, -0.2) is 4.79 Å². The SMILES string of the molecule is N#CCCN(C(=O)CN1C(=O)NC2(CCCc3ccccc32)C1=O)c1ccccc1. The zero-order valence-corrected chi connectivity index (χ0v) is 16.5. The first-order valence-electron chi connectivity index (χ1n) is 10.0. The van der Waals surface area contributed by atoms with Crippen molar-refractivity contribution < 1.29 is 14.4 Å². The summed E-state index contributed by atoms with van der Waals surface area (Å²) in [7, 11) is 0. The fourth-order valence-electron chi connectivity index (χ4n) is 4.34. The average molecular weight is 402 g/mol. The van der Waals surface area contributed by atoms with Gasteiger partial charge in [-0.3, -0.25) is 14.5 Å². The number of anilines is 1. The van der Waals surface area contributed by atoms with Gasteiger partial charge in [0.15, 0.2) is 0 Å². The van der Waals surface area contributed by atoms with Crippen molar-refractivity contribution in [1.29, 1.82) is 5.26 Å². The molecule has 4 amide bonds. The van der Waals surface area contributed by atoms with Crippen molar-refractivity contribution in [2.45, 2.75) is 31.2 Å². The Bertz CT molecular complexity index is 1030. The Labute approximate surface area is 174 Å². The number of para-hydroxylation sites is 1. The van der Waals surface area contributed by atoms with E-state index in [1.165, 1.54) is 4.90 Å². The Balaban J connectivity index is 1.59. The van der Waals surface area contributed by atoms with Crippen LogP contribution < -0.4 is 10.2 Å². The second-order valence-corrected chi connectivity index (χ2v) is 7.53. The maximum Gasteiger partial charge on any atom is 0.325 e. The zero-order chi connectivity index (χ0) is 21.1. The number of carbonyl (C=O) groups is 3. The summed E-state index contributed by atoms with van der Waals surface area (Å²) in [5, 5.41) is 11.8. The first kappa shape index (κ1) is 19.6. The summed E-state index contributed by atoms with van der Waals surface area (Å²) in [5.74, 6) is -0.789. The molecule has 2 aromatic rings. The predicted octanol–water partition coefficient (Wildman–Crippen LogP) is 2.72. The van der Waals surface area contributed by atoms with E-state index in [1.54, 1.807) is 24.3 Å². The van der Waals surface area contributed by atoms with Crippen LogP contribution in [-0.2, 0) is 21.5 Å². The van der Waals surface area contributed by atoms with Crippen molar-refractivity contribution in [1.82, 2.24) is 10.2 Å². The van der Waals surface area contributed by atoms with Gasteiger partial charge in [-0.1, -0.05) is 42.5 Å². The number of nitrogens with one attached hydrogen (secondary N) is 1. The van der Waals surface area contributed by atoms with Crippen LogP contribution in [0.4, 0.5) is 10.5 Å². The third kappa shape index (κ3) is 3.30. The highest BCUT2D eigenvalue weighted by molar-refractivity contribution is 6.11. The monoisotopic (exact) mass is 402 g/mol. The fourth-order valence-corrected chi connectivity index (χ4v) is 4.34. The third-order valence-corrected chi connectivity index (χ3v) is 5.76. The lowest BCUT2D eigenvalue weighted by molar-refractivity contribution is -0.135. The van der Waals surface area contributed by atoms with Crippen molar-refractivity contribution in [3.63, 3.8) is 0 Å². The van der Waals surface area contributed by atoms with Crippen LogP contribution >= 0.6 is 0 Å². The molecular weight excluding hydrogens is 380 g/mol. The predicted molar refractivity (Wildman–Crippen MR) is 110 cm³/mol. The van der Waals surface area contributed by atoms with Crippen LogP contribution in [0.2, 0.25) is 0 Å². The molecule has 0 saturated carbocycles. The van der Waals surface area contributed by atoms with Gasteiger partial charge in [0.05, 0.1) is 12.5 Å². The molecule has 1 saturated heterocycles. The van der Waals surface area contributed by atoms with E-state index in [9.17, 15) is 14.4 Å². The molecule has 0 bridgehead atoms. The molecule has 1 N–H and O–H groups in total. The van der Waals surface area contributed by atoms with Gasteiger partial charge in [0.25, 0.3) is 5.91 Å². The van der Waals surface area contributed by atoms with E-state index in [0.29, 0.717) is 12.1 Å². The lowest BCUT2D eigenvalue weighted by Gasteiger charge is -2.33. The van der Waals surface area contributed by atoms with Gasteiger partial charge in [-0.15, -0.1) is 0 Å². The highest BCUT2D eigenvalue weighted by atomic mass is 16.2. The molecule has 0 radical (unpaired) electrons. The number of nitrogens with zero attached hydrogens (tertiary/aromatic N) is 3. The van der Waals surface area contributed by atoms with Gasteiger partial charge < -0.3 is 10.2 Å². The Morgan fingerprint density at radius 1 is 1.13 bits per heavy atom. The van der Waals surface area contributed by atoms with Gasteiger partial charge in [-0.05, 0) is 42.5 Å². The molecular formula is C23H22N4O3. The second kappa shape index (κ2) is 7.99. The van der Waals surface area contributed by atoms with E-state index in [0.717, 1.165) is 28.9 Å². The normalized spacial score (nSPS) is 19.9. The maximum atomic E-state index is 13.4. The smallest absolute Gasteiger partial charge is 0.319 e. The molecule has 7 heteroatoms. The Hall–Kier alpha value is -3.66. The van der Waals surface area contributed by atoms with Crippen LogP contribution in [0.5, 0.6) is 0 Å². The molecule has 0 aromatic heterocycles. The second-order valence-electron chi connectivity index (χ2n) is 7.53. The molecule has 152 valence electrons. The summed E-state index contributed by atoms with van der Waals surface area (Å²) < 4.78 is 0. The lowest BCUT2D eigenvalue weighted by atomic mass is 9.76. The molecule has 2 aromatic carbocycles. The third-order valence-electron chi connectivity index (χ3n) is 5.76. The minimum Gasteiger partial charge on any atom is -0.319 e. The van der Waals surface area contributed by atoms with Gasteiger partial charge >= 0.3 is 6.03 Å². The molecule has 4 rings (SSSR count). The summed E-state index contributed by atoms with van der Waals surface area (Å²) >= 11 is 0. The number of benzene rings is 2. The van der Waals surface area contributed by atoms with E-state index in [1.807, 2.05) is 36.4 Å². The number of carbonyl (C=O) groups excluding carboxylic acids is 3. The van der Waals surface area contributed by atoms with Crippen molar-refractivity contribution >= 4 is 23.5 Å². The quantitative estimate of drug-likeness (QED) is 0.778. The number of amides is 4. The molecule has 7 nitrogen and oxygen atoms in total. The summed E-state index contributed by atoms with van der Waals surface area (Å²) in [4.78, 5) is 41.6. The first-order valence-corrected chi connectivity index (χ1v) is 10.0. The van der Waals surface area contributed by atoms with E-state index < -0.39 is 17.5 Å². The van der Waals surface area contributed by atoms with Crippen molar-refractivity contribution in [2.75, 3.05) is 18.0 Å². The number of fused-ring (bicyclic) bond motifs is 2. The number of nitriles is 1. The standard InChI is InChI=1S/C23H22N4O3/c24-14-7-15-26(18-10-2-1-3-11-18)20(28)16-27-21(29)23(25-22(27)30)13-6-9-17-8-4-5-12-19(17)23/h1-5,8,10-12H,6-7,9,13,15-16H2,(H,25,30). The van der Waals surface area contributed by atoms with Crippen molar-refractivity contribution in [3.05, 3.63) is 65.7 Å². The lowest BCUT2D eigenvalue weighted by Crippen LogP contribution is -2.47. The van der Waals surface area contributed by atoms with E-state index in [-0.39, 0.29) is 25.4 Å². The van der Waals surface area contributed by atoms with Crippen molar-refractivity contribution in [2.24, 2.45) is 0 Å². The molecule has 2 aliphatic rings. The first-order chi connectivity index (χ1) is 14.6. The van der Waals surface area contributed by atoms with E-state index in [4.69, 9.17) is 5.26 Å². The zero-order valence-electron chi connectivity index (χ0n) is 16.5. The van der Waals surface area contributed by atoms with Crippen LogP contribution in [-0.4, -0.2) is 35.8 Å². The highest BCUT2D eigenvalue weighted by Gasteiger charge is 2.54. The van der Waals surface area contributed by atoms with Crippen LogP contribution in [0.3, 0.4) is 0 Å². The average Bonchev–Trinajstić information content (AvgIpc) is 3.00. The number of hydrogen-bond acceptors (Lipinski definition) is 4. The summed E-state index contributed by atoms with van der Waals surface area (Å²) in [6.45, 7) is -0.175. The van der Waals surface area contributed by atoms with Crippen LogP contribution in [0.25, 0.3) is 0 Å². The van der Waals surface area contributed by atoms with Crippen LogP contribution in [0.1, 0.15) is 30.4 Å². The minimum atomic E-state index is -1.10. The number of hydrogen-bond donors (Lipinski definition) is 1. The molecule has 1 fully saturated rings. The molecule has 1 spiro atoms. The molecule has 1 aliphatic heterocycles. The Morgan fingerprint density at radius 2 is 1.87 bits per heavy atom. The van der Waals surface area contributed by atoms with Crippen LogP contribution in [0.15, 0.2) is 54.6 Å². The van der Waals surface area contributed by atoms with Crippen LogP contribution in [0, 0.1) is 11.3 Å². The molecule has 1 heterocycles. The largest absolute Gasteiger partial charge is 0.325 e. The fraction of sp³-hybridized carbons (Fsp3) is 0.304. The molecule has 1 unspecified atom stereocenters. The summed E-state index contributed by atoms with van der Waals surface area (Å²) in [6.07, 6.45) is 2.30. The number of imide groups is 1. The Morgan fingerprint density at radius 3 is 2.63 bits per heavy atom. The number of aryl methyl sites for hydroxylation is 1. The van der Waals surface area contributed by atoms with Gasteiger partial charge in [0.1, 0.15) is 12.1 Å². The maximum absolute atomic E-state index is 13.4. The number of rotatable bonds is 5. The van der Waals surface area contributed by atoms with Gasteiger partial charge in [-0.2, -0.15) is 5.26 Å².